The molecule has 0 bridgehead atoms. The number of para-hydroxylation sites is 1. The Morgan fingerprint density at radius 1 is 1.23 bits per heavy atom. The predicted molar refractivity (Wildman–Crippen MR) is 112 cm³/mol. The molecule has 0 aliphatic carbocycles. The van der Waals surface area contributed by atoms with Crippen LogP contribution in [-0.2, 0) is 7.05 Å². The maximum atomic E-state index is 12.8. The molecule has 30 heavy (non-hydrogen) atoms. The first-order valence-electron chi connectivity index (χ1n) is 9.63. The summed E-state index contributed by atoms with van der Waals surface area (Å²) in [6.45, 7) is 3.70. The number of amides is 2. The van der Waals surface area contributed by atoms with E-state index in [0.717, 1.165) is 16.6 Å². The van der Waals surface area contributed by atoms with Gasteiger partial charge in [-0.05, 0) is 19.1 Å². The van der Waals surface area contributed by atoms with Crippen LogP contribution in [0.15, 0.2) is 35.0 Å². The Bertz CT molecular complexity index is 1250. The lowest BCUT2D eigenvalue weighted by Crippen LogP contribution is -2.55. The van der Waals surface area contributed by atoms with Crippen LogP contribution < -0.4 is 16.0 Å². The molecule has 0 saturated carbocycles. The van der Waals surface area contributed by atoms with Crippen molar-refractivity contribution in [3.05, 3.63) is 30.5 Å². The SMILES string of the molecule is C[C@H]1CN(C(=O)Nc2noc3ccccc23)CCN1c1nc(N)nc2c1cnn2C. The number of nitrogens with two attached hydrogens (primary N) is 1. The van der Waals surface area contributed by atoms with Crippen molar-refractivity contribution < 1.29 is 9.32 Å². The smallest absolute Gasteiger partial charge is 0.323 e. The van der Waals surface area contributed by atoms with E-state index in [1.807, 2.05) is 38.2 Å². The molecule has 0 unspecified atom stereocenters. The number of carbonyl (C=O) groups is 1. The maximum Gasteiger partial charge on any atom is 0.323 e. The minimum Gasteiger partial charge on any atom is -0.368 e. The molecule has 1 aliphatic heterocycles. The summed E-state index contributed by atoms with van der Waals surface area (Å²) >= 11 is 0. The van der Waals surface area contributed by atoms with Crippen LogP contribution in [-0.4, -0.2) is 61.5 Å². The zero-order valence-electron chi connectivity index (χ0n) is 16.6. The largest absolute Gasteiger partial charge is 0.368 e. The zero-order chi connectivity index (χ0) is 20.8. The first-order valence-corrected chi connectivity index (χ1v) is 9.63. The summed E-state index contributed by atoms with van der Waals surface area (Å²) in [6.07, 6.45) is 1.74. The third-order valence-corrected chi connectivity index (χ3v) is 5.38. The molecule has 11 nitrogen and oxygen atoms in total. The molecule has 3 aromatic heterocycles. The van der Waals surface area contributed by atoms with Gasteiger partial charge in [-0.2, -0.15) is 15.1 Å². The van der Waals surface area contributed by atoms with E-state index < -0.39 is 0 Å². The molecule has 1 atom stereocenters. The molecule has 5 rings (SSSR count). The van der Waals surface area contributed by atoms with E-state index in [1.165, 1.54) is 0 Å². The first kappa shape index (κ1) is 18.2. The van der Waals surface area contributed by atoms with E-state index in [2.05, 4.69) is 30.4 Å². The second-order valence-electron chi connectivity index (χ2n) is 7.36. The fourth-order valence-electron chi connectivity index (χ4n) is 3.86. The van der Waals surface area contributed by atoms with Crippen LogP contribution in [0.25, 0.3) is 22.0 Å². The van der Waals surface area contributed by atoms with Crippen molar-refractivity contribution in [3.63, 3.8) is 0 Å². The molecule has 1 saturated heterocycles. The number of aryl methyl sites for hydroxylation is 1. The molecular formula is C19H21N9O2. The molecule has 154 valence electrons. The topological polar surface area (TPSA) is 131 Å². The third kappa shape index (κ3) is 2.95. The molecule has 1 fully saturated rings. The van der Waals surface area contributed by atoms with E-state index in [-0.39, 0.29) is 18.0 Å². The molecular weight excluding hydrogens is 386 g/mol. The van der Waals surface area contributed by atoms with Crippen molar-refractivity contribution >= 4 is 45.6 Å². The number of nitrogens with zero attached hydrogens (tertiary/aromatic N) is 7. The minimum atomic E-state index is -0.214. The Balaban J connectivity index is 1.34. The van der Waals surface area contributed by atoms with E-state index >= 15 is 0 Å². The minimum absolute atomic E-state index is 0.0243. The van der Waals surface area contributed by atoms with E-state index in [9.17, 15) is 4.79 Å². The van der Waals surface area contributed by atoms with Gasteiger partial charge in [-0.1, -0.05) is 17.3 Å². The Labute approximate surface area is 171 Å². The summed E-state index contributed by atoms with van der Waals surface area (Å²) in [5.74, 6) is 1.36. The number of benzene rings is 1. The molecule has 2 amide bonds. The fraction of sp³-hybridized carbons (Fsp3) is 0.316. The standard InChI is InChI=1S/C19H21N9O2/c1-11-10-27(19(29)22-15-12-5-3-4-6-14(12)30-25-15)7-8-28(11)17-13-9-21-26(2)16(13)23-18(20)24-17/h3-6,9,11H,7-8,10H2,1-2H3,(H2,20,23,24)(H,22,25,29)/t11-/m0/s1. The summed E-state index contributed by atoms with van der Waals surface area (Å²) in [4.78, 5) is 25.4. The number of rotatable bonds is 2. The highest BCUT2D eigenvalue weighted by molar-refractivity contribution is 5.98. The number of piperazine rings is 1. The molecule has 11 heteroatoms. The van der Waals surface area contributed by atoms with Crippen molar-refractivity contribution in [2.45, 2.75) is 13.0 Å². The second-order valence-corrected chi connectivity index (χ2v) is 7.36. The summed E-state index contributed by atoms with van der Waals surface area (Å²) in [5.41, 5.74) is 7.24. The predicted octanol–water partition coefficient (Wildman–Crippen LogP) is 1.83. The Morgan fingerprint density at radius 2 is 2.07 bits per heavy atom. The van der Waals surface area contributed by atoms with Crippen molar-refractivity contribution in [1.29, 1.82) is 0 Å². The lowest BCUT2D eigenvalue weighted by Gasteiger charge is -2.40. The van der Waals surface area contributed by atoms with Gasteiger partial charge < -0.3 is 20.1 Å². The lowest BCUT2D eigenvalue weighted by molar-refractivity contribution is 0.200. The lowest BCUT2D eigenvalue weighted by atomic mass is 10.2. The van der Waals surface area contributed by atoms with Gasteiger partial charge >= 0.3 is 6.03 Å². The van der Waals surface area contributed by atoms with E-state index in [4.69, 9.17) is 10.3 Å². The van der Waals surface area contributed by atoms with Crippen molar-refractivity contribution in [2.24, 2.45) is 7.05 Å². The molecule has 3 N–H and O–H groups in total. The van der Waals surface area contributed by atoms with Gasteiger partial charge in [0.05, 0.1) is 17.0 Å². The number of hydrogen-bond acceptors (Lipinski definition) is 8. The number of urea groups is 1. The normalized spacial score (nSPS) is 17.1. The number of nitrogen functional groups attached to an aromatic ring is 1. The van der Waals surface area contributed by atoms with Gasteiger partial charge in [-0.15, -0.1) is 0 Å². The number of anilines is 3. The van der Waals surface area contributed by atoms with Crippen molar-refractivity contribution in [1.82, 2.24) is 29.8 Å². The number of aromatic nitrogens is 5. The Kier molecular flexibility index (Phi) is 4.16. The van der Waals surface area contributed by atoms with Gasteiger partial charge in [-0.25, -0.2) is 4.79 Å². The fourth-order valence-corrected chi connectivity index (χ4v) is 3.86. The van der Waals surface area contributed by atoms with Crippen molar-refractivity contribution in [2.75, 3.05) is 35.6 Å². The molecule has 1 aromatic carbocycles. The highest BCUT2D eigenvalue weighted by Gasteiger charge is 2.30. The molecule has 1 aliphatic rings. The highest BCUT2D eigenvalue weighted by atomic mass is 16.5. The van der Waals surface area contributed by atoms with Crippen LogP contribution >= 0.6 is 0 Å². The van der Waals surface area contributed by atoms with Crippen LogP contribution in [0, 0.1) is 0 Å². The summed E-state index contributed by atoms with van der Waals surface area (Å²) < 4.78 is 6.94. The number of hydrogen-bond donors (Lipinski definition) is 2. The number of carbonyl (C=O) groups excluding carboxylic acids is 1. The van der Waals surface area contributed by atoms with Gasteiger partial charge in [0.1, 0.15) is 5.82 Å². The quantitative estimate of drug-likeness (QED) is 0.514. The summed E-state index contributed by atoms with van der Waals surface area (Å²) in [5, 5.41) is 12.7. The van der Waals surface area contributed by atoms with Gasteiger partial charge in [0, 0.05) is 32.7 Å². The molecule has 4 aromatic rings. The maximum absolute atomic E-state index is 12.8. The van der Waals surface area contributed by atoms with Crippen LogP contribution in [0.1, 0.15) is 6.92 Å². The average Bonchev–Trinajstić information content (AvgIpc) is 3.31. The van der Waals surface area contributed by atoms with Gasteiger partial charge in [0.2, 0.25) is 5.95 Å². The summed E-state index contributed by atoms with van der Waals surface area (Å²) in [6, 6.07) is 7.22. The first-order chi connectivity index (χ1) is 14.5. The van der Waals surface area contributed by atoms with E-state index in [0.29, 0.717) is 36.7 Å². The van der Waals surface area contributed by atoms with Crippen LogP contribution in [0.4, 0.5) is 22.4 Å². The van der Waals surface area contributed by atoms with Gasteiger partial charge in [0.15, 0.2) is 17.0 Å². The van der Waals surface area contributed by atoms with Crippen LogP contribution in [0.5, 0.6) is 0 Å². The average molecular weight is 407 g/mol. The second kappa shape index (κ2) is 6.87. The zero-order valence-corrected chi connectivity index (χ0v) is 16.6. The third-order valence-electron chi connectivity index (χ3n) is 5.38. The monoisotopic (exact) mass is 407 g/mol. The molecule has 4 heterocycles. The van der Waals surface area contributed by atoms with Crippen LogP contribution in [0.3, 0.4) is 0 Å². The number of nitrogens with one attached hydrogen (secondary N) is 1. The van der Waals surface area contributed by atoms with Crippen LogP contribution in [0.2, 0.25) is 0 Å². The van der Waals surface area contributed by atoms with Crippen molar-refractivity contribution in [3.8, 4) is 0 Å². The van der Waals surface area contributed by atoms with E-state index in [1.54, 1.807) is 15.8 Å². The van der Waals surface area contributed by atoms with Gasteiger partial charge in [-0.3, -0.25) is 10.00 Å². The Hall–Kier alpha value is -3.89. The van der Waals surface area contributed by atoms with Gasteiger partial charge in [0.25, 0.3) is 0 Å². The molecule has 0 radical (unpaired) electrons. The number of fused-ring (bicyclic) bond motifs is 2. The summed E-state index contributed by atoms with van der Waals surface area (Å²) in [7, 11) is 1.82. The molecule has 0 spiro atoms. The highest BCUT2D eigenvalue weighted by Crippen LogP contribution is 2.28. The Morgan fingerprint density at radius 3 is 2.90 bits per heavy atom.